The van der Waals surface area contributed by atoms with Crippen LogP contribution in [0.15, 0.2) is 36.5 Å². The van der Waals surface area contributed by atoms with Gasteiger partial charge in [0.05, 0.1) is 25.4 Å². The highest BCUT2D eigenvalue weighted by Crippen LogP contribution is 2.19. The van der Waals surface area contributed by atoms with Crippen molar-refractivity contribution < 1.29 is 24.5 Å². The smallest absolute Gasteiger partial charge is 0.305 e. The highest BCUT2D eigenvalue weighted by molar-refractivity contribution is 5.76. The van der Waals surface area contributed by atoms with Gasteiger partial charge in [-0.3, -0.25) is 9.59 Å². The zero-order valence-electron chi connectivity index (χ0n) is 57.6. The summed E-state index contributed by atoms with van der Waals surface area (Å²) >= 11 is 0. The van der Waals surface area contributed by atoms with Crippen LogP contribution in [-0.4, -0.2) is 47.4 Å². The lowest BCUT2D eigenvalue weighted by Gasteiger charge is -2.22. The van der Waals surface area contributed by atoms with E-state index in [1.165, 1.54) is 347 Å². The number of aliphatic hydroxyl groups excluding tert-OH is 2. The largest absolute Gasteiger partial charge is 0.466 e. The van der Waals surface area contributed by atoms with Gasteiger partial charge in [-0.15, -0.1) is 0 Å². The predicted octanol–water partition coefficient (Wildman–Crippen LogP) is 25.4. The van der Waals surface area contributed by atoms with E-state index in [9.17, 15) is 19.8 Å². The minimum atomic E-state index is -0.666. The van der Waals surface area contributed by atoms with Crippen molar-refractivity contribution in [3.8, 4) is 0 Å². The zero-order valence-corrected chi connectivity index (χ0v) is 57.6. The Bertz CT molecular complexity index is 1380. The summed E-state index contributed by atoms with van der Waals surface area (Å²) in [5.41, 5.74) is 0. The van der Waals surface area contributed by atoms with Crippen molar-refractivity contribution >= 4 is 11.9 Å². The lowest BCUT2D eigenvalue weighted by atomic mass is 10.0. The Morgan fingerprint density at radius 3 is 0.929 bits per heavy atom. The number of hydrogen-bond donors (Lipinski definition) is 3. The fourth-order valence-corrected chi connectivity index (χ4v) is 12.3. The minimum absolute atomic E-state index is 0.00319. The van der Waals surface area contributed by atoms with E-state index in [1.54, 1.807) is 0 Å². The number of esters is 1. The summed E-state index contributed by atoms with van der Waals surface area (Å²) in [5, 5.41) is 23.5. The van der Waals surface area contributed by atoms with Crippen LogP contribution in [0.25, 0.3) is 0 Å². The van der Waals surface area contributed by atoms with E-state index in [2.05, 4.69) is 55.6 Å². The van der Waals surface area contributed by atoms with Crippen LogP contribution in [-0.2, 0) is 14.3 Å². The summed E-state index contributed by atoms with van der Waals surface area (Å²) in [6, 6.07) is -0.543. The number of unbranched alkanes of at least 4 members (excludes halogenated alkanes) is 56. The molecule has 2 unspecified atom stereocenters. The number of allylic oxidation sites excluding steroid dienone is 6. The number of rotatable bonds is 73. The highest BCUT2D eigenvalue weighted by atomic mass is 16.5. The summed E-state index contributed by atoms with van der Waals surface area (Å²) in [5.74, 6) is -0.0259. The fraction of sp³-hybridized carbons (Fsp3) is 0.899. The first-order valence-electron chi connectivity index (χ1n) is 38.7. The van der Waals surface area contributed by atoms with Gasteiger partial charge in [0.1, 0.15) is 0 Å². The third-order valence-corrected chi connectivity index (χ3v) is 18.2. The molecule has 0 fully saturated rings. The second-order valence-electron chi connectivity index (χ2n) is 26.7. The van der Waals surface area contributed by atoms with Gasteiger partial charge in [0.25, 0.3) is 0 Å². The molecule has 6 heteroatoms. The lowest BCUT2D eigenvalue weighted by molar-refractivity contribution is -0.143. The molecule has 85 heavy (non-hydrogen) atoms. The van der Waals surface area contributed by atoms with Crippen molar-refractivity contribution in [2.75, 3.05) is 13.2 Å². The van der Waals surface area contributed by atoms with Gasteiger partial charge >= 0.3 is 5.97 Å². The average molecular weight is 1200 g/mol. The maximum absolute atomic E-state index is 12.6. The first-order valence-corrected chi connectivity index (χ1v) is 38.7. The monoisotopic (exact) mass is 1190 g/mol. The number of carbonyl (C=O) groups excluding carboxylic acids is 2. The van der Waals surface area contributed by atoms with Gasteiger partial charge in [-0.05, 0) is 83.5 Å². The molecule has 0 rings (SSSR count). The number of carbonyl (C=O) groups is 2. The van der Waals surface area contributed by atoms with Crippen LogP contribution in [0.5, 0.6) is 0 Å². The van der Waals surface area contributed by atoms with Gasteiger partial charge in [-0.2, -0.15) is 0 Å². The molecular weight excluding hydrogens is 1040 g/mol. The Morgan fingerprint density at radius 2 is 0.588 bits per heavy atom. The molecule has 1 amide bonds. The second kappa shape index (κ2) is 74.5. The first-order chi connectivity index (χ1) is 42.0. The van der Waals surface area contributed by atoms with Crippen LogP contribution < -0.4 is 5.32 Å². The van der Waals surface area contributed by atoms with E-state index in [0.717, 1.165) is 51.4 Å². The molecule has 0 aromatic heterocycles. The standard InChI is InChI=1S/C79H151NO5/c1-3-5-7-9-11-13-15-17-19-20-21-22-23-31-34-37-40-44-47-51-55-59-63-67-71-77(82)76(75-81)80-78(83)72-68-64-60-56-52-48-45-41-38-35-32-29-27-25-24-26-28-30-33-36-39-42-46-50-54-58-62-66-70-74-85-79(84)73-69-65-61-57-53-49-43-18-16-14-12-10-8-6-4-2/h12,14,18,24,26,43,76-77,81-82H,3-11,13,15-17,19-23,25,27-42,44-75H2,1-2H3,(H,80,83)/b14-12-,26-24-,43-18-. The van der Waals surface area contributed by atoms with E-state index in [0.29, 0.717) is 25.9 Å². The number of hydrogen-bond acceptors (Lipinski definition) is 5. The molecular formula is C79H151NO5. The van der Waals surface area contributed by atoms with Crippen LogP contribution in [0.1, 0.15) is 431 Å². The van der Waals surface area contributed by atoms with Crippen LogP contribution >= 0.6 is 0 Å². The third-order valence-electron chi connectivity index (χ3n) is 18.2. The summed E-state index contributed by atoms with van der Waals surface area (Å²) < 4.78 is 5.49. The van der Waals surface area contributed by atoms with E-state index in [4.69, 9.17) is 4.74 Å². The van der Waals surface area contributed by atoms with Gasteiger partial charge in [0.15, 0.2) is 0 Å². The van der Waals surface area contributed by atoms with Crippen molar-refractivity contribution in [3.05, 3.63) is 36.5 Å². The number of nitrogens with one attached hydrogen (secondary N) is 1. The van der Waals surface area contributed by atoms with Crippen molar-refractivity contribution in [1.82, 2.24) is 5.32 Å². The molecule has 2 atom stereocenters. The third kappa shape index (κ3) is 71.0. The van der Waals surface area contributed by atoms with Crippen LogP contribution in [0, 0.1) is 0 Å². The maximum Gasteiger partial charge on any atom is 0.305 e. The molecule has 0 heterocycles. The molecule has 502 valence electrons. The molecule has 0 aliphatic rings. The molecule has 0 aromatic carbocycles. The Labute approximate surface area is 532 Å². The molecule has 0 bridgehead atoms. The second-order valence-corrected chi connectivity index (χ2v) is 26.7. The Morgan fingerprint density at radius 1 is 0.329 bits per heavy atom. The van der Waals surface area contributed by atoms with E-state index in [-0.39, 0.29) is 18.5 Å². The summed E-state index contributed by atoms with van der Waals surface area (Å²) in [6.07, 6.45) is 96.5. The minimum Gasteiger partial charge on any atom is -0.466 e. The lowest BCUT2D eigenvalue weighted by Crippen LogP contribution is -2.45. The topological polar surface area (TPSA) is 95.9 Å². The number of amides is 1. The molecule has 6 nitrogen and oxygen atoms in total. The molecule has 0 saturated heterocycles. The van der Waals surface area contributed by atoms with Gasteiger partial charge in [-0.1, -0.05) is 371 Å². The highest BCUT2D eigenvalue weighted by Gasteiger charge is 2.20. The number of aliphatic hydroxyl groups is 2. The molecule has 0 aliphatic carbocycles. The van der Waals surface area contributed by atoms with E-state index >= 15 is 0 Å². The molecule has 0 radical (unpaired) electrons. The summed E-state index contributed by atoms with van der Waals surface area (Å²) in [4.78, 5) is 24.6. The maximum atomic E-state index is 12.6. The molecule has 0 spiro atoms. The molecule has 0 aliphatic heterocycles. The number of ether oxygens (including phenoxy) is 1. The van der Waals surface area contributed by atoms with Crippen LogP contribution in [0.4, 0.5) is 0 Å². The summed E-state index contributed by atoms with van der Waals surface area (Å²) in [7, 11) is 0. The fourth-order valence-electron chi connectivity index (χ4n) is 12.3. The van der Waals surface area contributed by atoms with Gasteiger partial charge in [0, 0.05) is 12.8 Å². The Hall–Kier alpha value is -1.92. The van der Waals surface area contributed by atoms with Gasteiger partial charge in [-0.25, -0.2) is 0 Å². The predicted molar refractivity (Wildman–Crippen MR) is 375 cm³/mol. The van der Waals surface area contributed by atoms with Crippen molar-refractivity contribution in [2.45, 2.75) is 443 Å². The normalized spacial score (nSPS) is 12.7. The zero-order chi connectivity index (χ0) is 61.3. The SMILES string of the molecule is CCCCC/C=C\C/C=C\CCCCCCCC(=O)OCCCCCCCCCCCCCC/C=C\CCCCCCCCCCCCCCCC(=O)NC(CO)C(O)CCCCCCCCCCCCCCCCCCCCCCCCCC. The van der Waals surface area contributed by atoms with E-state index < -0.39 is 12.1 Å². The quantitative estimate of drug-likeness (QED) is 0.0320. The van der Waals surface area contributed by atoms with Gasteiger partial charge in [0.2, 0.25) is 5.91 Å². The molecule has 0 saturated carbocycles. The van der Waals surface area contributed by atoms with Crippen LogP contribution in [0.3, 0.4) is 0 Å². The van der Waals surface area contributed by atoms with Crippen molar-refractivity contribution in [2.24, 2.45) is 0 Å². The average Bonchev–Trinajstić information content (AvgIpc) is 3.51. The first kappa shape index (κ1) is 83.1. The Balaban J connectivity index is 3.38. The van der Waals surface area contributed by atoms with Gasteiger partial charge < -0.3 is 20.3 Å². The Kier molecular flexibility index (Phi) is 72.9. The molecule has 3 N–H and O–H groups in total. The molecule has 0 aromatic rings. The van der Waals surface area contributed by atoms with Crippen molar-refractivity contribution in [3.63, 3.8) is 0 Å². The summed E-state index contributed by atoms with van der Waals surface area (Å²) in [6.45, 7) is 4.96. The van der Waals surface area contributed by atoms with Crippen LogP contribution in [0.2, 0.25) is 0 Å². The van der Waals surface area contributed by atoms with Crippen molar-refractivity contribution in [1.29, 1.82) is 0 Å². The van der Waals surface area contributed by atoms with E-state index in [1.807, 2.05) is 0 Å².